The fourth-order valence-electron chi connectivity index (χ4n) is 2.46. The van der Waals surface area contributed by atoms with Crippen LogP contribution in [-0.2, 0) is 14.6 Å². The van der Waals surface area contributed by atoms with E-state index in [-0.39, 0.29) is 11.7 Å². The molecule has 1 rings (SSSR count). The van der Waals surface area contributed by atoms with Gasteiger partial charge in [-0.25, -0.2) is 8.42 Å². The highest BCUT2D eigenvalue weighted by molar-refractivity contribution is 7.92. The number of nitrogens with two attached hydrogens (primary N) is 1. The van der Waals surface area contributed by atoms with Crippen LogP contribution in [-0.4, -0.2) is 33.1 Å². The smallest absolute Gasteiger partial charge is 0.155 e. The van der Waals surface area contributed by atoms with Gasteiger partial charge in [0.05, 0.1) is 11.0 Å². The normalized spacial score (nSPS) is 15.2. The van der Waals surface area contributed by atoms with Crippen LogP contribution in [0.3, 0.4) is 0 Å². The molecule has 20 heavy (non-hydrogen) atoms. The highest BCUT2D eigenvalue weighted by Gasteiger charge is 2.34. The predicted octanol–water partition coefficient (Wildman–Crippen LogP) is 2.16. The summed E-state index contributed by atoms with van der Waals surface area (Å²) in [4.78, 5) is 0. The van der Waals surface area contributed by atoms with Gasteiger partial charge in [-0.2, -0.15) is 0 Å². The summed E-state index contributed by atoms with van der Waals surface area (Å²) in [5.41, 5.74) is 7.08. The van der Waals surface area contributed by atoms with Crippen LogP contribution in [0, 0.1) is 5.92 Å². The van der Waals surface area contributed by atoms with Crippen LogP contribution in [0.4, 0.5) is 0 Å². The van der Waals surface area contributed by atoms with Crippen LogP contribution in [0.1, 0.15) is 31.9 Å². The highest BCUT2D eigenvalue weighted by Crippen LogP contribution is 2.26. The molecule has 0 aliphatic heterocycles. The van der Waals surface area contributed by atoms with E-state index in [2.05, 4.69) is 0 Å². The Morgan fingerprint density at radius 3 is 2.30 bits per heavy atom. The van der Waals surface area contributed by atoms with Gasteiger partial charge in [0, 0.05) is 19.8 Å². The van der Waals surface area contributed by atoms with Crippen LogP contribution in [0.5, 0.6) is 0 Å². The van der Waals surface area contributed by atoms with Crippen molar-refractivity contribution in [2.75, 3.05) is 19.5 Å². The summed E-state index contributed by atoms with van der Waals surface area (Å²) in [6, 6.07) is 8.92. The molecule has 2 atom stereocenters. The summed E-state index contributed by atoms with van der Waals surface area (Å²) in [7, 11) is -1.67. The van der Waals surface area contributed by atoms with Gasteiger partial charge in [0.25, 0.3) is 0 Å². The minimum absolute atomic E-state index is 0.0299. The maximum absolute atomic E-state index is 12.5. The number of hydrogen-bond donors (Lipinski definition) is 1. The zero-order valence-electron chi connectivity index (χ0n) is 12.5. The maximum Gasteiger partial charge on any atom is 0.155 e. The van der Waals surface area contributed by atoms with E-state index in [4.69, 9.17) is 10.5 Å². The standard InChI is InChI=1S/C15H25NO3S/c1-12(2)15(20(17,18)11-7-10-19-3)14(16)13-8-5-4-6-9-13/h4-6,8-9,12,14-15H,7,10-11,16H2,1-3H3. The molecule has 0 bridgehead atoms. The summed E-state index contributed by atoms with van der Waals surface area (Å²) < 4.78 is 30.0. The average Bonchev–Trinajstić information content (AvgIpc) is 2.39. The second-order valence-electron chi connectivity index (χ2n) is 5.36. The van der Waals surface area contributed by atoms with Crippen molar-refractivity contribution in [2.45, 2.75) is 31.6 Å². The van der Waals surface area contributed by atoms with Crippen molar-refractivity contribution in [1.82, 2.24) is 0 Å². The van der Waals surface area contributed by atoms with Gasteiger partial charge < -0.3 is 10.5 Å². The SMILES string of the molecule is COCCCS(=O)(=O)C(C(C)C)C(N)c1ccccc1. The van der Waals surface area contributed by atoms with Gasteiger partial charge in [-0.05, 0) is 17.9 Å². The van der Waals surface area contributed by atoms with Gasteiger partial charge >= 0.3 is 0 Å². The fraction of sp³-hybridized carbons (Fsp3) is 0.600. The van der Waals surface area contributed by atoms with Crippen molar-refractivity contribution < 1.29 is 13.2 Å². The topological polar surface area (TPSA) is 69.4 Å². The van der Waals surface area contributed by atoms with Crippen LogP contribution in [0.25, 0.3) is 0 Å². The Morgan fingerprint density at radius 2 is 1.80 bits per heavy atom. The Kier molecular flexibility index (Phi) is 6.65. The molecule has 0 amide bonds. The lowest BCUT2D eigenvalue weighted by Crippen LogP contribution is -2.39. The number of benzene rings is 1. The number of sulfone groups is 1. The molecule has 0 spiro atoms. The Bertz CT molecular complexity index is 485. The predicted molar refractivity (Wildman–Crippen MR) is 82.3 cm³/mol. The van der Waals surface area contributed by atoms with Crippen molar-refractivity contribution in [3.63, 3.8) is 0 Å². The molecule has 1 aromatic rings. The molecule has 2 N–H and O–H groups in total. The van der Waals surface area contributed by atoms with Crippen molar-refractivity contribution in [3.05, 3.63) is 35.9 Å². The van der Waals surface area contributed by atoms with E-state index in [1.807, 2.05) is 44.2 Å². The summed E-state index contributed by atoms with van der Waals surface area (Å²) in [5.74, 6) is 0.0854. The largest absolute Gasteiger partial charge is 0.385 e. The van der Waals surface area contributed by atoms with Gasteiger partial charge in [-0.15, -0.1) is 0 Å². The van der Waals surface area contributed by atoms with Crippen LogP contribution >= 0.6 is 0 Å². The number of hydrogen-bond acceptors (Lipinski definition) is 4. The monoisotopic (exact) mass is 299 g/mol. The molecule has 4 nitrogen and oxygen atoms in total. The van der Waals surface area contributed by atoms with Crippen molar-refractivity contribution in [1.29, 1.82) is 0 Å². The maximum atomic E-state index is 12.5. The first-order chi connectivity index (χ1) is 9.40. The lowest BCUT2D eigenvalue weighted by Gasteiger charge is -2.27. The number of ether oxygens (including phenoxy) is 1. The molecule has 2 unspecified atom stereocenters. The first-order valence-electron chi connectivity index (χ1n) is 6.91. The first-order valence-corrected chi connectivity index (χ1v) is 8.62. The van der Waals surface area contributed by atoms with Gasteiger partial charge in [-0.3, -0.25) is 0 Å². The van der Waals surface area contributed by atoms with E-state index in [1.54, 1.807) is 7.11 Å². The molecule has 0 aliphatic carbocycles. The Hall–Kier alpha value is -0.910. The second kappa shape index (κ2) is 7.76. The van der Waals surface area contributed by atoms with Crippen LogP contribution < -0.4 is 5.73 Å². The Labute approximate surface area is 122 Å². The summed E-state index contributed by atoms with van der Waals surface area (Å²) in [5, 5.41) is -0.568. The average molecular weight is 299 g/mol. The van der Waals surface area contributed by atoms with E-state index in [1.165, 1.54) is 0 Å². The van der Waals surface area contributed by atoms with E-state index < -0.39 is 21.1 Å². The summed E-state index contributed by atoms with van der Waals surface area (Å²) in [6.07, 6.45) is 0.504. The zero-order chi connectivity index (χ0) is 15.2. The van der Waals surface area contributed by atoms with E-state index >= 15 is 0 Å². The minimum atomic E-state index is -3.25. The molecular weight excluding hydrogens is 274 g/mol. The third-order valence-corrected chi connectivity index (χ3v) is 5.91. The first kappa shape index (κ1) is 17.1. The number of methoxy groups -OCH3 is 1. The lowest BCUT2D eigenvalue weighted by atomic mass is 9.97. The van der Waals surface area contributed by atoms with E-state index in [0.29, 0.717) is 13.0 Å². The molecular formula is C15H25NO3S. The molecule has 114 valence electrons. The van der Waals surface area contributed by atoms with Gasteiger partial charge in [-0.1, -0.05) is 44.2 Å². The molecule has 5 heteroatoms. The van der Waals surface area contributed by atoms with Gasteiger partial charge in [0.15, 0.2) is 9.84 Å². The number of rotatable bonds is 8. The third kappa shape index (κ3) is 4.58. The zero-order valence-corrected chi connectivity index (χ0v) is 13.3. The fourth-order valence-corrected chi connectivity index (χ4v) is 4.68. The molecule has 0 radical (unpaired) electrons. The lowest BCUT2D eigenvalue weighted by molar-refractivity contribution is 0.199. The van der Waals surface area contributed by atoms with Crippen LogP contribution in [0.15, 0.2) is 30.3 Å². The molecule has 0 aliphatic rings. The summed E-state index contributed by atoms with van der Waals surface area (Å²) in [6.45, 7) is 4.26. The van der Waals surface area contributed by atoms with Crippen molar-refractivity contribution >= 4 is 9.84 Å². The van der Waals surface area contributed by atoms with E-state index in [0.717, 1.165) is 5.56 Å². The molecule has 1 aromatic carbocycles. The van der Waals surface area contributed by atoms with Gasteiger partial charge in [0.2, 0.25) is 0 Å². The van der Waals surface area contributed by atoms with Crippen molar-refractivity contribution in [2.24, 2.45) is 11.7 Å². The third-order valence-electron chi connectivity index (χ3n) is 3.39. The van der Waals surface area contributed by atoms with Crippen LogP contribution in [0.2, 0.25) is 0 Å². The van der Waals surface area contributed by atoms with E-state index in [9.17, 15) is 8.42 Å². The highest BCUT2D eigenvalue weighted by atomic mass is 32.2. The molecule has 0 fully saturated rings. The minimum Gasteiger partial charge on any atom is -0.385 e. The quantitative estimate of drug-likeness (QED) is 0.747. The molecule has 0 saturated carbocycles. The second-order valence-corrected chi connectivity index (χ2v) is 7.64. The van der Waals surface area contributed by atoms with Crippen molar-refractivity contribution in [3.8, 4) is 0 Å². The molecule has 0 heterocycles. The van der Waals surface area contributed by atoms with Gasteiger partial charge in [0.1, 0.15) is 0 Å². The Morgan fingerprint density at radius 1 is 1.20 bits per heavy atom. The summed E-state index contributed by atoms with van der Waals surface area (Å²) >= 11 is 0. The molecule has 0 saturated heterocycles. The molecule has 0 aromatic heterocycles. The Balaban J connectivity index is 2.94.